The molecule has 152 valence electrons. The lowest BCUT2D eigenvalue weighted by Gasteiger charge is -2.29. The third-order valence-corrected chi connectivity index (χ3v) is 6.97. The molecule has 0 radical (unpaired) electrons. The van der Waals surface area contributed by atoms with Gasteiger partial charge in [-0.25, -0.2) is 0 Å². The van der Waals surface area contributed by atoms with Crippen LogP contribution in [0.1, 0.15) is 25.0 Å². The van der Waals surface area contributed by atoms with Gasteiger partial charge in [0.15, 0.2) is 0 Å². The molecule has 3 aliphatic rings. The van der Waals surface area contributed by atoms with E-state index in [1.807, 2.05) is 47.4 Å². The first-order valence-corrected chi connectivity index (χ1v) is 10.8. The van der Waals surface area contributed by atoms with Crippen molar-refractivity contribution in [2.24, 2.45) is 23.7 Å². The van der Waals surface area contributed by atoms with Gasteiger partial charge in [0, 0.05) is 24.6 Å². The number of carbonyl (C=O) groups is 1. The summed E-state index contributed by atoms with van der Waals surface area (Å²) in [6.45, 7) is 3.71. The number of carbonyl (C=O) groups excluding carboxylic acids is 1. The average Bonchev–Trinajstić information content (AvgIpc) is 3.26. The monoisotopic (exact) mass is 391 g/mol. The maximum absolute atomic E-state index is 13.0. The Labute approximate surface area is 172 Å². The van der Waals surface area contributed by atoms with Crippen LogP contribution in [0.5, 0.6) is 0 Å². The van der Waals surface area contributed by atoms with Crippen molar-refractivity contribution in [2.75, 3.05) is 32.0 Å². The summed E-state index contributed by atoms with van der Waals surface area (Å²) in [5.74, 6) is 3.11. The van der Waals surface area contributed by atoms with Crippen molar-refractivity contribution < 1.29 is 9.53 Å². The van der Waals surface area contributed by atoms with Crippen LogP contribution in [0.15, 0.2) is 42.5 Å². The van der Waals surface area contributed by atoms with Gasteiger partial charge in [0.1, 0.15) is 0 Å². The van der Waals surface area contributed by atoms with Gasteiger partial charge in [0.05, 0.1) is 36.7 Å². The first kappa shape index (κ1) is 18.6. The van der Waals surface area contributed by atoms with Crippen LogP contribution in [0, 0.1) is 23.7 Å². The average molecular weight is 392 g/mol. The number of pyridine rings is 1. The number of hydrogen-bond donors (Lipinski definition) is 1. The highest BCUT2D eigenvalue weighted by molar-refractivity contribution is 5.80. The molecular formula is C24H29N3O2. The number of rotatable bonds is 5. The SMILES string of the molecule is Nc1ccc(-c2ccccc2)nc1CC(=O)N1CC2CC(CC3COC3)CC2C1. The quantitative estimate of drug-likeness (QED) is 0.848. The molecule has 0 bridgehead atoms. The standard InChI is InChI=1S/C24H29N3O2/c25-21-6-7-22(18-4-2-1-3-5-18)26-23(21)11-24(28)27-12-19-9-16(10-20(19)13-27)8-17-14-29-15-17/h1-7,16-17,19-20H,8-15,25H2. The largest absolute Gasteiger partial charge is 0.397 e. The predicted octanol–water partition coefficient (Wildman–Crippen LogP) is 3.39. The van der Waals surface area contributed by atoms with Crippen molar-refractivity contribution in [2.45, 2.75) is 25.7 Å². The summed E-state index contributed by atoms with van der Waals surface area (Å²) in [4.78, 5) is 19.7. The molecule has 2 aromatic rings. The highest BCUT2D eigenvalue weighted by Gasteiger charge is 2.43. The first-order chi connectivity index (χ1) is 14.2. The summed E-state index contributed by atoms with van der Waals surface area (Å²) in [5, 5.41) is 0. The number of aromatic nitrogens is 1. The fraction of sp³-hybridized carbons (Fsp3) is 0.500. The second-order valence-corrected chi connectivity index (χ2v) is 9.07. The number of likely N-dealkylation sites (tertiary alicyclic amines) is 1. The minimum absolute atomic E-state index is 0.160. The second kappa shape index (κ2) is 7.79. The normalized spacial score (nSPS) is 26.3. The van der Waals surface area contributed by atoms with Gasteiger partial charge in [0.2, 0.25) is 5.91 Å². The molecule has 0 spiro atoms. The van der Waals surface area contributed by atoms with E-state index in [0.29, 0.717) is 23.2 Å². The summed E-state index contributed by atoms with van der Waals surface area (Å²) in [6.07, 6.45) is 4.14. The molecule has 3 heterocycles. The van der Waals surface area contributed by atoms with Gasteiger partial charge in [-0.15, -0.1) is 0 Å². The lowest BCUT2D eigenvalue weighted by Crippen LogP contribution is -2.32. The number of nitrogens with two attached hydrogens (primary N) is 1. The van der Waals surface area contributed by atoms with Gasteiger partial charge in [-0.3, -0.25) is 9.78 Å². The molecule has 2 saturated heterocycles. The molecule has 1 aromatic carbocycles. The number of benzene rings is 1. The van der Waals surface area contributed by atoms with Crippen molar-refractivity contribution in [1.82, 2.24) is 9.88 Å². The molecular weight excluding hydrogens is 362 g/mol. The highest BCUT2D eigenvalue weighted by atomic mass is 16.5. The van der Waals surface area contributed by atoms with Crippen molar-refractivity contribution in [1.29, 1.82) is 0 Å². The Morgan fingerprint density at radius 1 is 1.03 bits per heavy atom. The van der Waals surface area contributed by atoms with Crippen LogP contribution < -0.4 is 5.73 Å². The summed E-state index contributed by atoms with van der Waals surface area (Å²) in [6, 6.07) is 13.8. The number of anilines is 1. The predicted molar refractivity (Wildman–Crippen MR) is 113 cm³/mol. The highest BCUT2D eigenvalue weighted by Crippen LogP contribution is 2.44. The number of fused-ring (bicyclic) bond motifs is 1. The van der Waals surface area contributed by atoms with E-state index in [9.17, 15) is 4.79 Å². The zero-order valence-corrected chi connectivity index (χ0v) is 16.8. The minimum Gasteiger partial charge on any atom is -0.397 e. The zero-order chi connectivity index (χ0) is 19.8. The molecule has 1 amide bonds. The van der Waals surface area contributed by atoms with Crippen molar-refractivity contribution in [3.63, 3.8) is 0 Å². The summed E-state index contributed by atoms with van der Waals surface area (Å²) >= 11 is 0. The van der Waals surface area contributed by atoms with Crippen LogP contribution in [-0.4, -0.2) is 42.1 Å². The van der Waals surface area contributed by atoms with Gasteiger partial charge in [-0.2, -0.15) is 0 Å². The topological polar surface area (TPSA) is 68.5 Å². The van der Waals surface area contributed by atoms with E-state index >= 15 is 0 Å². The van der Waals surface area contributed by atoms with Crippen LogP contribution in [0.4, 0.5) is 5.69 Å². The van der Waals surface area contributed by atoms with E-state index in [2.05, 4.69) is 0 Å². The molecule has 5 heteroatoms. The van der Waals surface area contributed by atoms with Crippen LogP contribution in [0.3, 0.4) is 0 Å². The van der Waals surface area contributed by atoms with Gasteiger partial charge in [-0.1, -0.05) is 30.3 Å². The van der Waals surface area contributed by atoms with E-state index in [1.54, 1.807) is 0 Å². The molecule has 2 unspecified atom stereocenters. The van der Waals surface area contributed by atoms with E-state index in [-0.39, 0.29) is 12.3 Å². The number of nitrogen functional groups attached to an aromatic ring is 1. The number of amides is 1. The molecule has 2 atom stereocenters. The molecule has 2 N–H and O–H groups in total. The molecule has 2 aliphatic heterocycles. The Bertz CT molecular complexity index is 867. The van der Waals surface area contributed by atoms with Crippen LogP contribution in [-0.2, 0) is 16.0 Å². The Morgan fingerprint density at radius 2 is 1.76 bits per heavy atom. The molecule has 1 saturated carbocycles. The lowest BCUT2D eigenvalue weighted by atomic mass is 9.91. The number of nitrogens with zero attached hydrogens (tertiary/aromatic N) is 2. The molecule has 29 heavy (non-hydrogen) atoms. The summed E-state index contributed by atoms with van der Waals surface area (Å²) in [7, 11) is 0. The third-order valence-electron chi connectivity index (χ3n) is 6.97. The minimum atomic E-state index is 0.160. The Balaban J connectivity index is 1.21. The van der Waals surface area contributed by atoms with E-state index in [4.69, 9.17) is 15.5 Å². The van der Waals surface area contributed by atoms with Crippen molar-refractivity contribution in [3.05, 3.63) is 48.2 Å². The lowest BCUT2D eigenvalue weighted by molar-refractivity contribution is -0.129. The van der Waals surface area contributed by atoms with Gasteiger partial charge in [0.25, 0.3) is 0 Å². The van der Waals surface area contributed by atoms with Crippen molar-refractivity contribution >= 4 is 11.6 Å². The molecule has 3 fully saturated rings. The van der Waals surface area contributed by atoms with E-state index in [1.165, 1.54) is 19.3 Å². The Hall–Kier alpha value is -2.40. The molecule has 5 rings (SSSR count). The Kier molecular flexibility index (Phi) is 5.00. The van der Waals surface area contributed by atoms with Gasteiger partial charge >= 0.3 is 0 Å². The van der Waals surface area contributed by atoms with Gasteiger partial charge in [-0.05, 0) is 49.1 Å². The third kappa shape index (κ3) is 3.88. The van der Waals surface area contributed by atoms with Gasteiger partial charge < -0.3 is 15.4 Å². The second-order valence-electron chi connectivity index (χ2n) is 9.07. The molecule has 1 aliphatic carbocycles. The maximum atomic E-state index is 13.0. The summed E-state index contributed by atoms with van der Waals surface area (Å²) in [5.41, 5.74) is 9.34. The first-order valence-electron chi connectivity index (χ1n) is 10.8. The summed E-state index contributed by atoms with van der Waals surface area (Å²) < 4.78 is 5.32. The van der Waals surface area contributed by atoms with Crippen LogP contribution in [0.2, 0.25) is 0 Å². The van der Waals surface area contributed by atoms with Crippen LogP contribution in [0.25, 0.3) is 11.3 Å². The van der Waals surface area contributed by atoms with Crippen molar-refractivity contribution in [3.8, 4) is 11.3 Å². The molecule has 1 aromatic heterocycles. The van der Waals surface area contributed by atoms with E-state index in [0.717, 1.165) is 49.4 Å². The van der Waals surface area contributed by atoms with E-state index < -0.39 is 0 Å². The smallest absolute Gasteiger partial charge is 0.228 e. The molecule has 5 nitrogen and oxygen atoms in total. The maximum Gasteiger partial charge on any atom is 0.228 e. The number of hydrogen-bond acceptors (Lipinski definition) is 4. The Morgan fingerprint density at radius 3 is 2.41 bits per heavy atom. The fourth-order valence-electron chi connectivity index (χ4n) is 5.39. The zero-order valence-electron chi connectivity index (χ0n) is 16.8. The fourth-order valence-corrected chi connectivity index (χ4v) is 5.39. The van der Waals surface area contributed by atoms with Crippen LogP contribution >= 0.6 is 0 Å². The number of ether oxygens (including phenoxy) is 1.